The lowest BCUT2D eigenvalue weighted by Crippen LogP contribution is -2.10. The van der Waals surface area contributed by atoms with E-state index in [4.69, 9.17) is 14.4 Å². The first-order chi connectivity index (χ1) is 9.02. The van der Waals surface area contributed by atoms with Gasteiger partial charge in [0.1, 0.15) is 5.75 Å². The number of carboxylic acid groups (broad SMARTS) is 1. The Kier molecular flexibility index (Phi) is 3.41. The molecule has 0 bridgehead atoms. The first kappa shape index (κ1) is 12.9. The van der Waals surface area contributed by atoms with Crippen molar-refractivity contribution >= 4 is 5.97 Å². The molecule has 0 unspecified atom stereocenters. The monoisotopic (exact) mass is 263 g/mol. The SMILES string of the molecule is COc1ccc(Cn2oc(=O)c(C)c2C(=O)O)cc1. The van der Waals surface area contributed by atoms with Crippen LogP contribution in [0.5, 0.6) is 5.75 Å². The van der Waals surface area contributed by atoms with Crippen molar-refractivity contribution < 1.29 is 19.2 Å². The number of ether oxygens (including phenoxy) is 1. The molecular formula is C13H13NO5. The minimum Gasteiger partial charge on any atom is -0.497 e. The summed E-state index contributed by atoms with van der Waals surface area (Å²) >= 11 is 0. The molecule has 1 aromatic carbocycles. The third kappa shape index (κ3) is 2.52. The Labute approximate surface area is 108 Å². The van der Waals surface area contributed by atoms with Crippen LogP contribution in [0.4, 0.5) is 0 Å². The van der Waals surface area contributed by atoms with Gasteiger partial charge >= 0.3 is 11.6 Å². The van der Waals surface area contributed by atoms with Gasteiger partial charge in [-0.25, -0.2) is 9.59 Å². The summed E-state index contributed by atoms with van der Waals surface area (Å²) in [6, 6.07) is 7.06. The molecule has 2 aromatic rings. The molecule has 0 fully saturated rings. The molecule has 0 aliphatic carbocycles. The van der Waals surface area contributed by atoms with E-state index in [0.29, 0.717) is 5.75 Å². The largest absolute Gasteiger partial charge is 0.497 e. The molecule has 1 N–H and O–H groups in total. The Morgan fingerprint density at radius 3 is 2.53 bits per heavy atom. The van der Waals surface area contributed by atoms with Gasteiger partial charge in [0.2, 0.25) is 0 Å². The highest BCUT2D eigenvalue weighted by molar-refractivity contribution is 5.87. The molecule has 0 atom stereocenters. The third-order valence-corrected chi connectivity index (χ3v) is 2.79. The number of carboxylic acids is 1. The Morgan fingerprint density at radius 2 is 2.00 bits per heavy atom. The molecule has 6 nitrogen and oxygen atoms in total. The van der Waals surface area contributed by atoms with E-state index in [1.807, 2.05) is 0 Å². The van der Waals surface area contributed by atoms with Crippen LogP contribution in [0.25, 0.3) is 0 Å². The normalized spacial score (nSPS) is 10.4. The molecule has 0 spiro atoms. The van der Waals surface area contributed by atoms with Gasteiger partial charge in [-0.3, -0.25) is 0 Å². The molecule has 0 aliphatic heterocycles. The summed E-state index contributed by atoms with van der Waals surface area (Å²) in [4.78, 5) is 22.5. The van der Waals surface area contributed by atoms with Crippen LogP contribution in [0.1, 0.15) is 21.6 Å². The van der Waals surface area contributed by atoms with Crippen molar-refractivity contribution in [2.75, 3.05) is 7.11 Å². The number of rotatable bonds is 4. The second-order valence-electron chi connectivity index (χ2n) is 4.04. The fourth-order valence-electron chi connectivity index (χ4n) is 1.77. The first-order valence-electron chi connectivity index (χ1n) is 5.60. The molecule has 6 heteroatoms. The highest BCUT2D eigenvalue weighted by Gasteiger charge is 2.19. The number of benzene rings is 1. The number of aromatic carboxylic acids is 1. The maximum absolute atomic E-state index is 11.4. The van der Waals surface area contributed by atoms with Gasteiger partial charge in [-0.2, -0.15) is 4.74 Å². The van der Waals surface area contributed by atoms with Gasteiger partial charge in [-0.1, -0.05) is 12.1 Å². The van der Waals surface area contributed by atoms with E-state index in [1.165, 1.54) is 6.92 Å². The summed E-state index contributed by atoms with van der Waals surface area (Å²) in [5, 5.41) is 9.08. The van der Waals surface area contributed by atoms with Crippen molar-refractivity contribution in [3.63, 3.8) is 0 Å². The van der Waals surface area contributed by atoms with E-state index in [2.05, 4.69) is 0 Å². The summed E-state index contributed by atoms with van der Waals surface area (Å²) in [5.74, 6) is -0.482. The van der Waals surface area contributed by atoms with Crippen molar-refractivity contribution in [1.82, 2.24) is 4.74 Å². The van der Waals surface area contributed by atoms with Crippen molar-refractivity contribution in [3.8, 4) is 5.75 Å². The summed E-state index contributed by atoms with van der Waals surface area (Å²) in [7, 11) is 1.56. The molecule has 1 heterocycles. The minimum atomic E-state index is -1.18. The van der Waals surface area contributed by atoms with Crippen LogP contribution in [0.2, 0.25) is 0 Å². The molecule has 2 rings (SSSR count). The second-order valence-corrected chi connectivity index (χ2v) is 4.04. The van der Waals surface area contributed by atoms with Crippen molar-refractivity contribution in [1.29, 1.82) is 0 Å². The van der Waals surface area contributed by atoms with Crippen LogP contribution in [0.3, 0.4) is 0 Å². The zero-order chi connectivity index (χ0) is 14.0. The maximum atomic E-state index is 11.4. The van der Waals surface area contributed by atoms with E-state index in [0.717, 1.165) is 10.3 Å². The number of carbonyl (C=O) groups is 1. The van der Waals surface area contributed by atoms with E-state index in [-0.39, 0.29) is 17.8 Å². The standard InChI is InChI=1S/C13H13NO5/c1-8-11(12(15)16)14(19-13(8)17)7-9-3-5-10(18-2)6-4-9/h3-6H,7H2,1-2H3,(H,15,16). The highest BCUT2D eigenvalue weighted by atomic mass is 16.5. The van der Waals surface area contributed by atoms with E-state index in [1.54, 1.807) is 31.4 Å². The molecule has 0 aliphatic rings. The van der Waals surface area contributed by atoms with Crippen LogP contribution in [-0.2, 0) is 6.54 Å². The lowest BCUT2D eigenvalue weighted by Gasteiger charge is -2.05. The first-order valence-corrected chi connectivity index (χ1v) is 5.60. The summed E-state index contributed by atoms with van der Waals surface area (Å²) in [5.41, 5.74) is 0.148. The van der Waals surface area contributed by atoms with Gasteiger partial charge in [0.05, 0.1) is 19.2 Å². The molecular weight excluding hydrogens is 250 g/mol. The van der Waals surface area contributed by atoms with Gasteiger partial charge in [0, 0.05) is 0 Å². The Bertz CT molecular complexity index is 651. The predicted molar refractivity (Wildman–Crippen MR) is 66.8 cm³/mol. The molecule has 19 heavy (non-hydrogen) atoms. The minimum absolute atomic E-state index is 0.0982. The molecule has 0 radical (unpaired) electrons. The molecule has 0 saturated carbocycles. The van der Waals surface area contributed by atoms with Crippen molar-refractivity contribution in [2.24, 2.45) is 0 Å². The Morgan fingerprint density at radius 1 is 1.37 bits per heavy atom. The topological polar surface area (TPSA) is 81.7 Å². The predicted octanol–water partition coefficient (Wildman–Crippen LogP) is 1.50. The summed E-state index contributed by atoms with van der Waals surface area (Å²) in [6.07, 6.45) is 0. The van der Waals surface area contributed by atoms with Gasteiger partial charge in [0.15, 0.2) is 5.69 Å². The van der Waals surface area contributed by atoms with Crippen molar-refractivity contribution in [2.45, 2.75) is 13.5 Å². The number of nitrogens with zero attached hydrogens (tertiary/aromatic N) is 1. The lowest BCUT2D eigenvalue weighted by molar-refractivity contribution is 0.0669. The zero-order valence-corrected chi connectivity index (χ0v) is 10.5. The molecule has 1 aromatic heterocycles. The number of hydrogen-bond donors (Lipinski definition) is 1. The average molecular weight is 263 g/mol. The third-order valence-electron chi connectivity index (χ3n) is 2.79. The van der Waals surface area contributed by atoms with Gasteiger partial charge < -0.3 is 14.4 Å². The van der Waals surface area contributed by atoms with Gasteiger partial charge in [-0.15, -0.1) is 0 Å². The van der Waals surface area contributed by atoms with E-state index in [9.17, 15) is 9.59 Å². The number of aromatic nitrogens is 1. The van der Waals surface area contributed by atoms with Crippen LogP contribution >= 0.6 is 0 Å². The van der Waals surface area contributed by atoms with Crippen LogP contribution in [-0.4, -0.2) is 22.9 Å². The van der Waals surface area contributed by atoms with Crippen LogP contribution < -0.4 is 10.4 Å². The van der Waals surface area contributed by atoms with Crippen LogP contribution in [0.15, 0.2) is 33.6 Å². The summed E-state index contributed by atoms with van der Waals surface area (Å²) < 4.78 is 11.0. The smallest absolute Gasteiger partial charge is 0.361 e. The van der Waals surface area contributed by atoms with Crippen molar-refractivity contribution in [3.05, 3.63) is 51.5 Å². The quantitative estimate of drug-likeness (QED) is 0.904. The number of hydrogen-bond acceptors (Lipinski definition) is 4. The number of methoxy groups -OCH3 is 1. The Hall–Kier alpha value is -2.50. The fourth-order valence-corrected chi connectivity index (χ4v) is 1.77. The fraction of sp³-hybridized carbons (Fsp3) is 0.231. The second kappa shape index (κ2) is 5.01. The molecule has 100 valence electrons. The zero-order valence-electron chi connectivity index (χ0n) is 10.5. The highest BCUT2D eigenvalue weighted by Crippen LogP contribution is 2.14. The van der Waals surface area contributed by atoms with E-state index < -0.39 is 11.6 Å². The maximum Gasteiger partial charge on any atom is 0.361 e. The lowest BCUT2D eigenvalue weighted by atomic mass is 10.2. The average Bonchev–Trinajstić information content (AvgIpc) is 2.65. The molecule has 0 saturated heterocycles. The van der Waals surface area contributed by atoms with Gasteiger partial charge in [0.25, 0.3) is 0 Å². The van der Waals surface area contributed by atoms with Crippen LogP contribution in [0, 0.1) is 6.92 Å². The Balaban J connectivity index is 2.35. The molecule has 0 amide bonds. The van der Waals surface area contributed by atoms with Gasteiger partial charge in [-0.05, 0) is 24.6 Å². The summed E-state index contributed by atoms with van der Waals surface area (Å²) in [6.45, 7) is 1.61. The van der Waals surface area contributed by atoms with E-state index >= 15 is 0 Å².